The fourth-order valence-electron chi connectivity index (χ4n) is 4.09. The number of rotatable bonds is 6. The monoisotopic (exact) mass is 454 g/mol. The van der Waals surface area contributed by atoms with Crippen LogP contribution in [0.25, 0.3) is 16.8 Å². The Balaban J connectivity index is 1.83. The molecule has 32 heavy (non-hydrogen) atoms. The molecule has 0 saturated heterocycles. The lowest BCUT2D eigenvalue weighted by atomic mass is 9.80. The first kappa shape index (κ1) is 22.6. The third kappa shape index (κ3) is 4.60. The average molecular weight is 455 g/mol. The number of aromatic nitrogens is 4. The van der Waals surface area contributed by atoms with E-state index in [0.29, 0.717) is 40.5 Å². The molecule has 0 unspecified atom stereocenters. The van der Waals surface area contributed by atoms with E-state index in [4.69, 9.17) is 11.6 Å². The van der Waals surface area contributed by atoms with Gasteiger partial charge in [-0.25, -0.2) is 4.39 Å². The number of hydrogen-bond donors (Lipinski definition) is 0. The van der Waals surface area contributed by atoms with Gasteiger partial charge in [-0.15, -0.1) is 5.10 Å². The van der Waals surface area contributed by atoms with Crippen molar-refractivity contribution in [1.29, 1.82) is 0 Å². The Morgan fingerprint density at radius 3 is 2.44 bits per heavy atom. The molecule has 1 heterocycles. The van der Waals surface area contributed by atoms with Crippen LogP contribution in [0.4, 0.5) is 4.39 Å². The van der Waals surface area contributed by atoms with Crippen molar-refractivity contribution < 1.29 is 9.18 Å². The normalized spacial score (nSPS) is 14.6. The summed E-state index contributed by atoms with van der Waals surface area (Å²) in [5.41, 5.74) is 2.22. The molecule has 0 bridgehead atoms. The maximum absolute atomic E-state index is 14.2. The van der Waals surface area contributed by atoms with Crippen LogP contribution < -0.4 is 0 Å². The molecular weight excluding hydrogens is 427 g/mol. The fourth-order valence-corrected chi connectivity index (χ4v) is 4.21. The second-order valence-corrected chi connectivity index (χ2v) is 10.8. The fraction of sp³-hybridized carbons (Fsp3) is 0.440. The van der Waals surface area contributed by atoms with E-state index < -0.39 is 5.82 Å². The van der Waals surface area contributed by atoms with Crippen LogP contribution in [0, 0.1) is 17.2 Å². The number of benzene rings is 2. The van der Waals surface area contributed by atoms with Crippen LogP contribution >= 0.6 is 11.6 Å². The van der Waals surface area contributed by atoms with Crippen LogP contribution in [0.3, 0.4) is 0 Å². The highest BCUT2D eigenvalue weighted by atomic mass is 35.5. The minimum Gasteiger partial charge on any atom is -0.294 e. The molecule has 1 aliphatic rings. The average Bonchev–Trinajstić information content (AvgIpc) is 3.46. The number of tetrazole rings is 1. The van der Waals surface area contributed by atoms with Gasteiger partial charge in [-0.3, -0.25) is 4.79 Å². The van der Waals surface area contributed by atoms with E-state index >= 15 is 0 Å². The maximum Gasteiger partial charge on any atom is 0.163 e. The molecule has 0 amide bonds. The highest BCUT2D eigenvalue weighted by Crippen LogP contribution is 2.47. The predicted octanol–water partition coefficient (Wildman–Crippen LogP) is 6.43. The van der Waals surface area contributed by atoms with Crippen LogP contribution in [0.1, 0.15) is 70.1 Å². The minimum absolute atomic E-state index is 0.0506. The van der Waals surface area contributed by atoms with E-state index in [1.807, 2.05) is 39.0 Å². The Labute approximate surface area is 193 Å². The lowest BCUT2D eigenvalue weighted by Crippen LogP contribution is -2.21. The van der Waals surface area contributed by atoms with E-state index in [9.17, 15) is 9.18 Å². The molecule has 168 valence electrons. The molecule has 1 fully saturated rings. The summed E-state index contributed by atoms with van der Waals surface area (Å²) in [4.78, 5) is 13.3. The van der Waals surface area contributed by atoms with E-state index in [1.54, 1.807) is 10.7 Å². The summed E-state index contributed by atoms with van der Waals surface area (Å²) in [5.74, 6) is 0.819. The van der Waals surface area contributed by atoms with E-state index in [2.05, 4.69) is 29.4 Å². The summed E-state index contributed by atoms with van der Waals surface area (Å²) < 4.78 is 15.9. The number of halogens is 2. The minimum atomic E-state index is -0.505. The Morgan fingerprint density at radius 1 is 1.09 bits per heavy atom. The molecular formula is C25H28ClFN4O. The molecule has 3 aromatic rings. The zero-order valence-electron chi connectivity index (χ0n) is 19.1. The number of carbonyl (C=O) groups is 1. The van der Waals surface area contributed by atoms with E-state index in [0.717, 1.165) is 0 Å². The Morgan fingerprint density at radius 2 is 1.81 bits per heavy atom. The summed E-state index contributed by atoms with van der Waals surface area (Å²) in [7, 11) is 0. The van der Waals surface area contributed by atoms with Gasteiger partial charge in [0.25, 0.3) is 0 Å². The van der Waals surface area contributed by atoms with Crippen LogP contribution in [0.5, 0.6) is 0 Å². The Kier molecular flexibility index (Phi) is 5.70. The molecule has 2 aromatic carbocycles. The predicted molar refractivity (Wildman–Crippen MR) is 124 cm³/mol. The first-order valence-electron chi connectivity index (χ1n) is 10.9. The van der Waals surface area contributed by atoms with Crippen LogP contribution in [-0.4, -0.2) is 26.0 Å². The van der Waals surface area contributed by atoms with Crippen molar-refractivity contribution in [2.45, 2.75) is 59.3 Å². The van der Waals surface area contributed by atoms with Crippen molar-refractivity contribution in [2.75, 3.05) is 0 Å². The van der Waals surface area contributed by atoms with Crippen LogP contribution in [0.2, 0.25) is 5.02 Å². The summed E-state index contributed by atoms with van der Waals surface area (Å²) in [5, 5.41) is 12.3. The molecule has 0 N–H and O–H groups in total. The standard InChI is InChI=1S/C25H28ClFN4O/c1-24(2,3)23-28-29-30-31(23)19-11-16(15-6-9-20(26)21(27)13-15)10-17(12-19)22(32)14-25(4,5)18-7-8-18/h6,9-13,18H,7-8,14H2,1-5H3. The van der Waals surface area contributed by atoms with Crippen molar-refractivity contribution in [3.05, 3.63) is 58.6 Å². The second kappa shape index (κ2) is 8.07. The van der Waals surface area contributed by atoms with Gasteiger partial charge in [-0.1, -0.05) is 52.3 Å². The second-order valence-electron chi connectivity index (χ2n) is 10.4. The zero-order valence-corrected chi connectivity index (χ0v) is 19.9. The highest BCUT2D eigenvalue weighted by molar-refractivity contribution is 6.30. The lowest BCUT2D eigenvalue weighted by Gasteiger charge is -2.23. The maximum atomic E-state index is 14.2. The summed E-state index contributed by atoms with van der Waals surface area (Å²) >= 11 is 5.88. The molecule has 1 aliphatic carbocycles. The lowest BCUT2D eigenvalue weighted by molar-refractivity contribution is 0.0917. The number of nitrogens with zero attached hydrogens (tertiary/aromatic N) is 4. The topological polar surface area (TPSA) is 60.7 Å². The van der Waals surface area contributed by atoms with Gasteiger partial charge in [-0.05, 0) is 76.1 Å². The first-order chi connectivity index (χ1) is 15.0. The molecule has 1 saturated carbocycles. The molecule has 7 heteroatoms. The van der Waals surface area contributed by atoms with E-state index in [1.165, 1.54) is 25.0 Å². The zero-order chi connectivity index (χ0) is 23.3. The van der Waals surface area contributed by atoms with Gasteiger partial charge in [-0.2, -0.15) is 4.68 Å². The Bertz CT molecular complexity index is 1170. The number of Topliss-reactive ketones (excluding diaryl/α,β-unsaturated/α-hetero) is 1. The molecule has 0 spiro atoms. The number of hydrogen-bond acceptors (Lipinski definition) is 4. The van der Waals surface area contributed by atoms with Crippen molar-refractivity contribution in [2.24, 2.45) is 11.3 Å². The highest BCUT2D eigenvalue weighted by Gasteiger charge is 2.39. The number of ketones is 1. The van der Waals surface area contributed by atoms with Gasteiger partial charge in [0.15, 0.2) is 11.6 Å². The SMILES string of the molecule is CC(C)(C)c1nnnn1-c1cc(C(=O)CC(C)(C)C2CC2)cc(-c2ccc(Cl)c(F)c2)c1. The van der Waals surface area contributed by atoms with E-state index in [-0.39, 0.29) is 21.6 Å². The van der Waals surface area contributed by atoms with Crippen molar-refractivity contribution in [1.82, 2.24) is 20.2 Å². The van der Waals surface area contributed by atoms with Gasteiger partial charge in [0.1, 0.15) is 5.82 Å². The van der Waals surface area contributed by atoms with Crippen LogP contribution in [0.15, 0.2) is 36.4 Å². The third-order valence-electron chi connectivity index (χ3n) is 6.18. The van der Waals surface area contributed by atoms with Crippen molar-refractivity contribution in [3.8, 4) is 16.8 Å². The smallest absolute Gasteiger partial charge is 0.163 e. The van der Waals surface area contributed by atoms with Crippen molar-refractivity contribution in [3.63, 3.8) is 0 Å². The quantitative estimate of drug-likeness (QED) is 0.403. The van der Waals surface area contributed by atoms with Crippen molar-refractivity contribution >= 4 is 17.4 Å². The van der Waals surface area contributed by atoms with Gasteiger partial charge in [0.2, 0.25) is 0 Å². The van der Waals surface area contributed by atoms with Gasteiger partial charge in [0.05, 0.1) is 10.7 Å². The largest absolute Gasteiger partial charge is 0.294 e. The summed E-state index contributed by atoms with van der Waals surface area (Å²) in [6.07, 6.45) is 2.81. The van der Waals surface area contributed by atoms with Gasteiger partial charge >= 0.3 is 0 Å². The molecule has 4 rings (SSSR count). The Hall–Kier alpha value is -2.60. The molecule has 5 nitrogen and oxygen atoms in total. The summed E-state index contributed by atoms with van der Waals surface area (Å²) in [6, 6.07) is 10.2. The molecule has 1 aromatic heterocycles. The van der Waals surface area contributed by atoms with Gasteiger partial charge in [0, 0.05) is 17.4 Å². The summed E-state index contributed by atoms with van der Waals surface area (Å²) in [6.45, 7) is 10.4. The molecule has 0 atom stereocenters. The third-order valence-corrected chi connectivity index (χ3v) is 6.48. The number of carbonyl (C=O) groups excluding carboxylic acids is 1. The van der Waals surface area contributed by atoms with Gasteiger partial charge < -0.3 is 0 Å². The molecule has 0 radical (unpaired) electrons. The first-order valence-corrected chi connectivity index (χ1v) is 11.3. The van der Waals surface area contributed by atoms with Crippen LogP contribution in [-0.2, 0) is 5.41 Å². The molecule has 0 aliphatic heterocycles.